The summed E-state index contributed by atoms with van der Waals surface area (Å²) in [5.74, 6) is 0.0506. The van der Waals surface area contributed by atoms with Crippen LogP contribution in [0.3, 0.4) is 0 Å². The lowest BCUT2D eigenvalue weighted by Crippen LogP contribution is -2.42. The van der Waals surface area contributed by atoms with Crippen LogP contribution in [0.1, 0.15) is 33.1 Å². The number of aliphatic hydroxyl groups excluding tert-OH is 1. The maximum absolute atomic E-state index is 11.2. The van der Waals surface area contributed by atoms with Crippen molar-refractivity contribution in [2.45, 2.75) is 39.2 Å². The summed E-state index contributed by atoms with van der Waals surface area (Å²) in [5, 5.41) is 14.4. The molecule has 3 N–H and O–H groups in total. The lowest BCUT2D eigenvalue weighted by atomic mass is 10.2. The second-order valence-electron chi connectivity index (χ2n) is 3.35. The fourth-order valence-corrected chi connectivity index (χ4v) is 1.15. The Balaban J connectivity index is 3.34. The van der Waals surface area contributed by atoms with E-state index >= 15 is 0 Å². The van der Waals surface area contributed by atoms with Crippen molar-refractivity contribution in [3.05, 3.63) is 0 Å². The van der Waals surface area contributed by atoms with Gasteiger partial charge in [0.2, 0.25) is 5.91 Å². The van der Waals surface area contributed by atoms with E-state index in [0.29, 0.717) is 6.54 Å². The molecule has 14 heavy (non-hydrogen) atoms. The summed E-state index contributed by atoms with van der Waals surface area (Å²) in [5.41, 5.74) is 0. The Bertz CT molecular complexity index is 151. The maximum atomic E-state index is 11.2. The molecular formula is C10H22N2O2. The van der Waals surface area contributed by atoms with E-state index in [2.05, 4.69) is 10.6 Å². The summed E-state index contributed by atoms with van der Waals surface area (Å²) in [6.45, 7) is 5.53. The molecule has 84 valence electrons. The van der Waals surface area contributed by atoms with Gasteiger partial charge in [0, 0.05) is 13.2 Å². The van der Waals surface area contributed by atoms with Crippen LogP contribution in [0.25, 0.3) is 0 Å². The number of carbonyl (C=O) groups is 1. The average Bonchev–Trinajstić information content (AvgIpc) is 2.17. The van der Waals surface area contributed by atoms with Crippen LogP contribution in [0.4, 0.5) is 0 Å². The van der Waals surface area contributed by atoms with Crippen molar-refractivity contribution in [3.8, 4) is 0 Å². The van der Waals surface area contributed by atoms with Crippen molar-refractivity contribution >= 4 is 5.91 Å². The van der Waals surface area contributed by atoms with Crippen LogP contribution in [-0.2, 0) is 4.79 Å². The summed E-state index contributed by atoms with van der Waals surface area (Å²) in [6.07, 6.45) is 2.85. The second kappa shape index (κ2) is 8.97. The fourth-order valence-electron chi connectivity index (χ4n) is 1.15. The highest BCUT2D eigenvalue weighted by Crippen LogP contribution is 1.93. The molecule has 0 aromatic rings. The Labute approximate surface area is 86.1 Å². The number of likely N-dealkylation sites (N-methyl/N-ethyl adjacent to an activating group) is 1. The summed E-state index contributed by atoms with van der Waals surface area (Å²) in [7, 11) is 0. The third-order valence-corrected chi connectivity index (χ3v) is 2.03. The van der Waals surface area contributed by atoms with Crippen molar-refractivity contribution < 1.29 is 9.90 Å². The normalized spacial score (nSPS) is 12.5. The Morgan fingerprint density at radius 3 is 2.64 bits per heavy atom. The molecule has 0 rings (SSSR count). The van der Waals surface area contributed by atoms with Crippen LogP contribution in [0.5, 0.6) is 0 Å². The van der Waals surface area contributed by atoms with E-state index in [4.69, 9.17) is 5.11 Å². The molecule has 0 heterocycles. The van der Waals surface area contributed by atoms with Gasteiger partial charge < -0.3 is 15.7 Å². The molecule has 0 saturated carbocycles. The summed E-state index contributed by atoms with van der Waals surface area (Å²) < 4.78 is 0. The zero-order valence-corrected chi connectivity index (χ0v) is 9.18. The molecule has 0 radical (unpaired) electrons. The Hall–Kier alpha value is -0.610. The molecule has 0 spiro atoms. The van der Waals surface area contributed by atoms with Crippen molar-refractivity contribution in [2.24, 2.45) is 0 Å². The number of rotatable bonds is 8. The number of unbranched alkanes of at least 4 members (excludes halogenated alkanes) is 2. The van der Waals surface area contributed by atoms with Gasteiger partial charge in [0.05, 0.1) is 6.04 Å². The van der Waals surface area contributed by atoms with Gasteiger partial charge in [0.1, 0.15) is 0 Å². The minimum atomic E-state index is -0.121. The first-order valence-corrected chi connectivity index (χ1v) is 5.34. The SMILES string of the molecule is CCNC(=O)C(C)NCCCCCO. The van der Waals surface area contributed by atoms with E-state index in [9.17, 15) is 4.79 Å². The van der Waals surface area contributed by atoms with Crippen molar-refractivity contribution in [2.75, 3.05) is 19.7 Å². The third kappa shape index (κ3) is 6.86. The number of amides is 1. The fraction of sp³-hybridized carbons (Fsp3) is 0.900. The number of hydrogen-bond donors (Lipinski definition) is 3. The molecule has 4 nitrogen and oxygen atoms in total. The van der Waals surface area contributed by atoms with E-state index < -0.39 is 0 Å². The van der Waals surface area contributed by atoms with Crippen LogP contribution >= 0.6 is 0 Å². The largest absolute Gasteiger partial charge is 0.396 e. The predicted molar refractivity (Wildman–Crippen MR) is 57.1 cm³/mol. The van der Waals surface area contributed by atoms with E-state index in [1.807, 2.05) is 13.8 Å². The van der Waals surface area contributed by atoms with Gasteiger partial charge in [-0.1, -0.05) is 0 Å². The van der Waals surface area contributed by atoms with Crippen LogP contribution < -0.4 is 10.6 Å². The number of hydrogen-bond acceptors (Lipinski definition) is 3. The van der Waals surface area contributed by atoms with Gasteiger partial charge >= 0.3 is 0 Å². The van der Waals surface area contributed by atoms with Crippen LogP contribution in [0.15, 0.2) is 0 Å². The van der Waals surface area contributed by atoms with Gasteiger partial charge in [-0.05, 0) is 39.7 Å². The molecule has 4 heteroatoms. The average molecular weight is 202 g/mol. The predicted octanol–water partition coefficient (Wildman–Crippen LogP) is 0.263. The number of nitrogens with one attached hydrogen (secondary N) is 2. The first-order valence-electron chi connectivity index (χ1n) is 5.34. The Kier molecular flexibility index (Phi) is 8.57. The van der Waals surface area contributed by atoms with E-state index in [1.165, 1.54) is 0 Å². The summed E-state index contributed by atoms with van der Waals surface area (Å²) in [4.78, 5) is 11.2. The van der Waals surface area contributed by atoms with Crippen LogP contribution in [0, 0.1) is 0 Å². The van der Waals surface area contributed by atoms with E-state index in [-0.39, 0.29) is 18.6 Å². The molecule has 0 saturated heterocycles. The number of aliphatic hydroxyl groups is 1. The van der Waals surface area contributed by atoms with Crippen molar-refractivity contribution in [1.82, 2.24) is 10.6 Å². The van der Waals surface area contributed by atoms with Gasteiger partial charge in [-0.3, -0.25) is 4.79 Å². The van der Waals surface area contributed by atoms with Gasteiger partial charge in [-0.2, -0.15) is 0 Å². The zero-order valence-electron chi connectivity index (χ0n) is 9.18. The molecular weight excluding hydrogens is 180 g/mol. The minimum Gasteiger partial charge on any atom is -0.396 e. The van der Waals surface area contributed by atoms with Crippen LogP contribution in [-0.4, -0.2) is 36.8 Å². The van der Waals surface area contributed by atoms with Gasteiger partial charge in [-0.15, -0.1) is 0 Å². The molecule has 0 aliphatic rings. The van der Waals surface area contributed by atoms with Crippen molar-refractivity contribution in [3.63, 3.8) is 0 Å². The highest BCUT2D eigenvalue weighted by atomic mass is 16.2. The maximum Gasteiger partial charge on any atom is 0.236 e. The molecule has 0 aromatic carbocycles. The molecule has 0 aliphatic heterocycles. The molecule has 1 unspecified atom stereocenters. The first kappa shape index (κ1) is 13.4. The van der Waals surface area contributed by atoms with E-state index in [1.54, 1.807) is 0 Å². The third-order valence-electron chi connectivity index (χ3n) is 2.03. The standard InChI is InChI=1S/C10H22N2O2/c1-3-11-10(14)9(2)12-7-5-4-6-8-13/h9,12-13H,3-8H2,1-2H3,(H,11,14). The number of carbonyl (C=O) groups excluding carboxylic acids is 1. The smallest absolute Gasteiger partial charge is 0.236 e. The molecule has 1 amide bonds. The van der Waals surface area contributed by atoms with Gasteiger partial charge in [0.15, 0.2) is 0 Å². The van der Waals surface area contributed by atoms with Crippen molar-refractivity contribution in [1.29, 1.82) is 0 Å². The second-order valence-corrected chi connectivity index (χ2v) is 3.35. The van der Waals surface area contributed by atoms with Crippen LogP contribution in [0.2, 0.25) is 0 Å². The summed E-state index contributed by atoms with van der Waals surface area (Å²) >= 11 is 0. The molecule has 1 atom stereocenters. The van der Waals surface area contributed by atoms with Gasteiger partial charge in [-0.25, -0.2) is 0 Å². The first-order chi connectivity index (χ1) is 6.72. The topological polar surface area (TPSA) is 61.4 Å². The minimum absolute atomic E-state index is 0.0506. The monoisotopic (exact) mass is 202 g/mol. The summed E-state index contributed by atoms with van der Waals surface area (Å²) in [6, 6.07) is -0.121. The molecule has 0 aliphatic carbocycles. The Morgan fingerprint density at radius 2 is 2.07 bits per heavy atom. The molecule has 0 bridgehead atoms. The van der Waals surface area contributed by atoms with E-state index in [0.717, 1.165) is 25.8 Å². The van der Waals surface area contributed by atoms with Gasteiger partial charge in [0.25, 0.3) is 0 Å². The Morgan fingerprint density at radius 1 is 1.36 bits per heavy atom. The lowest BCUT2D eigenvalue weighted by molar-refractivity contribution is -0.122. The molecule has 0 aromatic heterocycles. The quantitative estimate of drug-likeness (QED) is 0.495. The highest BCUT2D eigenvalue weighted by molar-refractivity contribution is 5.81. The molecule has 0 fully saturated rings. The lowest BCUT2D eigenvalue weighted by Gasteiger charge is -2.12. The zero-order chi connectivity index (χ0) is 10.8. The highest BCUT2D eigenvalue weighted by Gasteiger charge is 2.09.